The Morgan fingerprint density at radius 2 is 2.16 bits per heavy atom. The van der Waals surface area contributed by atoms with Gasteiger partial charge in [0.15, 0.2) is 0 Å². The molecule has 0 atom stereocenters. The number of aromatic amines is 1. The molecule has 102 valence electrons. The SMILES string of the molecule is CC(C)CCCn1c(=O)[nH]c2cc(C(=O)O)ccc21. The highest BCUT2D eigenvalue weighted by molar-refractivity contribution is 5.92. The monoisotopic (exact) mass is 262 g/mol. The molecule has 1 aromatic heterocycles. The van der Waals surface area contributed by atoms with Crippen molar-refractivity contribution in [2.45, 2.75) is 33.2 Å². The number of nitrogens with one attached hydrogen (secondary N) is 1. The van der Waals surface area contributed by atoms with Crippen LogP contribution in [0.1, 0.15) is 37.0 Å². The van der Waals surface area contributed by atoms with Crippen LogP contribution in [0.2, 0.25) is 0 Å². The van der Waals surface area contributed by atoms with E-state index < -0.39 is 5.97 Å². The standard InChI is InChI=1S/C14H18N2O3/c1-9(2)4-3-7-16-12-6-5-10(13(17)18)8-11(12)15-14(16)19/h5-6,8-9H,3-4,7H2,1-2H3,(H,15,19)(H,17,18). The van der Waals surface area contributed by atoms with Crippen molar-refractivity contribution in [1.82, 2.24) is 9.55 Å². The van der Waals surface area contributed by atoms with Crippen LogP contribution in [0.25, 0.3) is 11.0 Å². The van der Waals surface area contributed by atoms with E-state index >= 15 is 0 Å². The maximum atomic E-state index is 11.9. The summed E-state index contributed by atoms with van der Waals surface area (Å²) in [6.07, 6.45) is 2.00. The molecule has 5 heteroatoms. The fourth-order valence-corrected chi connectivity index (χ4v) is 2.18. The number of carboxylic acid groups (broad SMARTS) is 1. The Bertz CT molecular complexity index is 652. The van der Waals surface area contributed by atoms with Gasteiger partial charge in [-0.25, -0.2) is 9.59 Å². The minimum Gasteiger partial charge on any atom is -0.478 e. The molecule has 0 amide bonds. The number of fused-ring (bicyclic) bond motifs is 1. The number of imidazole rings is 1. The van der Waals surface area contributed by atoms with Gasteiger partial charge in [-0.2, -0.15) is 0 Å². The summed E-state index contributed by atoms with van der Waals surface area (Å²) >= 11 is 0. The molecule has 0 fully saturated rings. The number of carboxylic acids is 1. The number of aromatic carboxylic acids is 1. The van der Waals surface area contributed by atoms with Gasteiger partial charge in [0.05, 0.1) is 16.6 Å². The number of hydrogen-bond acceptors (Lipinski definition) is 2. The molecule has 0 spiro atoms. The van der Waals surface area contributed by atoms with Crippen molar-refractivity contribution in [2.24, 2.45) is 5.92 Å². The van der Waals surface area contributed by atoms with E-state index in [9.17, 15) is 9.59 Å². The van der Waals surface area contributed by atoms with Gasteiger partial charge in [0.2, 0.25) is 0 Å². The molecule has 1 heterocycles. The topological polar surface area (TPSA) is 75.1 Å². The van der Waals surface area contributed by atoms with Crippen LogP contribution in [-0.4, -0.2) is 20.6 Å². The van der Waals surface area contributed by atoms with Gasteiger partial charge >= 0.3 is 11.7 Å². The minimum atomic E-state index is -0.990. The number of nitrogens with zero attached hydrogens (tertiary/aromatic N) is 1. The van der Waals surface area contributed by atoms with E-state index in [0.717, 1.165) is 18.4 Å². The number of rotatable bonds is 5. The molecule has 0 unspecified atom stereocenters. The average molecular weight is 262 g/mol. The average Bonchev–Trinajstić information content (AvgIpc) is 2.64. The highest BCUT2D eigenvalue weighted by Gasteiger charge is 2.10. The third kappa shape index (κ3) is 2.86. The summed E-state index contributed by atoms with van der Waals surface area (Å²) in [5.41, 5.74) is 1.34. The number of carbonyl (C=O) groups is 1. The molecule has 2 aromatic rings. The zero-order valence-corrected chi connectivity index (χ0v) is 11.1. The van der Waals surface area contributed by atoms with Crippen LogP contribution in [0.5, 0.6) is 0 Å². The number of aromatic nitrogens is 2. The fourth-order valence-electron chi connectivity index (χ4n) is 2.18. The lowest BCUT2D eigenvalue weighted by Gasteiger charge is -2.05. The van der Waals surface area contributed by atoms with E-state index in [-0.39, 0.29) is 11.3 Å². The Hall–Kier alpha value is -2.04. The summed E-state index contributed by atoms with van der Waals surface area (Å²) in [7, 11) is 0. The van der Waals surface area contributed by atoms with Crippen LogP contribution in [0.15, 0.2) is 23.0 Å². The molecule has 1 aromatic carbocycles. The smallest absolute Gasteiger partial charge is 0.335 e. The molecule has 19 heavy (non-hydrogen) atoms. The largest absolute Gasteiger partial charge is 0.478 e. The first-order valence-electron chi connectivity index (χ1n) is 6.45. The van der Waals surface area contributed by atoms with E-state index in [0.29, 0.717) is 18.0 Å². The van der Waals surface area contributed by atoms with Crippen molar-refractivity contribution >= 4 is 17.0 Å². The molecule has 2 rings (SSSR count). The van der Waals surface area contributed by atoms with Crippen LogP contribution >= 0.6 is 0 Å². The Balaban J connectivity index is 2.32. The lowest BCUT2D eigenvalue weighted by molar-refractivity contribution is 0.0697. The van der Waals surface area contributed by atoms with Gasteiger partial charge in [-0.3, -0.25) is 4.57 Å². The van der Waals surface area contributed by atoms with Crippen molar-refractivity contribution < 1.29 is 9.90 Å². The number of aryl methyl sites for hydroxylation is 1. The summed E-state index contributed by atoms with van der Waals surface area (Å²) in [5.74, 6) is -0.380. The van der Waals surface area contributed by atoms with Crippen LogP contribution in [0.4, 0.5) is 0 Å². The molecule has 0 aliphatic rings. The number of hydrogen-bond donors (Lipinski definition) is 2. The summed E-state index contributed by atoms with van der Waals surface area (Å²) in [6, 6.07) is 4.71. The molecule has 0 aliphatic heterocycles. The second-order valence-electron chi connectivity index (χ2n) is 5.15. The Morgan fingerprint density at radius 3 is 2.79 bits per heavy atom. The highest BCUT2D eigenvalue weighted by Crippen LogP contribution is 2.14. The first kappa shape index (κ1) is 13.4. The maximum absolute atomic E-state index is 11.9. The van der Waals surface area contributed by atoms with E-state index in [1.807, 2.05) is 0 Å². The van der Waals surface area contributed by atoms with Gasteiger partial charge < -0.3 is 10.1 Å². The minimum absolute atomic E-state index is 0.179. The molecule has 0 saturated heterocycles. The van der Waals surface area contributed by atoms with Crippen LogP contribution in [-0.2, 0) is 6.54 Å². The van der Waals surface area contributed by atoms with Gasteiger partial charge in [-0.1, -0.05) is 13.8 Å². The van der Waals surface area contributed by atoms with Crippen LogP contribution in [0.3, 0.4) is 0 Å². The van der Waals surface area contributed by atoms with E-state index in [1.165, 1.54) is 12.1 Å². The first-order valence-corrected chi connectivity index (χ1v) is 6.45. The molecule has 5 nitrogen and oxygen atoms in total. The zero-order chi connectivity index (χ0) is 14.0. The fraction of sp³-hybridized carbons (Fsp3) is 0.429. The Kier molecular flexibility index (Phi) is 3.74. The van der Waals surface area contributed by atoms with E-state index in [4.69, 9.17) is 5.11 Å². The maximum Gasteiger partial charge on any atom is 0.335 e. The third-order valence-electron chi connectivity index (χ3n) is 3.18. The molecule has 0 saturated carbocycles. The summed E-state index contributed by atoms with van der Waals surface area (Å²) in [5, 5.41) is 8.92. The van der Waals surface area contributed by atoms with Crippen LogP contribution < -0.4 is 5.69 Å². The van der Waals surface area contributed by atoms with Crippen molar-refractivity contribution in [1.29, 1.82) is 0 Å². The third-order valence-corrected chi connectivity index (χ3v) is 3.18. The first-order chi connectivity index (χ1) is 8.99. The predicted octanol–water partition coefficient (Wildman–Crippen LogP) is 2.46. The van der Waals surface area contributed by atoms with Crippen molar-refractivity contribution in [3.05, 3.63) is 34.2 Å². The summed E-state index contributed by atoms with van der Waals surface area (Å²) < 4.78 is 1.67. The highest BCUT2D eigenvalue weighted by atomic mass is 16.4. The Morgan fingerprint density at radius 1 is 1.42 bits per heavy atom. The summed E-state index contributed by atoms with van der Waals surface area (Å²) in [6.45, 7) is 4.96. The zero-order valence-electron chi connectivity index (χ0n) is 11.1. The lowest BCUT2D eigenvalue weighted by Crippen LogP contribution is -2.16. The second kappa shape index (κ2) is 5.30. The van der Waals surface area contributed by atoms with E-state index in [2.05, 4.69) is 18.8 Å². The normalized spacial score (nSPS) is 11.3. The Labute approximate surface area is 110 Å². The number of H-pyrrole nitrogens is 1. The molecule has 0 radical (unpaired) electrons. The second-order valence-corrected chi connectivity index (χ2v) is 5.15. The van der Waals surface area contributed by atoms with Crippen molar-refractivity contribution in [3.63, 3.8) is 0 Å². The van der Waals surface area contributed by atoms with Gasteiger partial charge in [-0.15, -0.1) is 0 Å². The predicted molar refractivity (Wildman–Crippen MR) is 73.6 cm³/mol. The van der Waals surface area contributed by atoms with Crippen LogP contribution in [0, 0.1) is 5.92 Å². The molecular formula is C14H18N2O3. The van der Waals surface area contributed by atoms with Gasteiger partial charge in [-0.05, 0) is 37.0 Å². The van der Waals surface area contributed by atoms with Gasteiger partial charge in [0, 0.05) is 6.54 Å². The quantitative estimate of drug-likeness (QED) is 0.869. The molecule has 0 aliphatic carbocycles. The molecular weight excluding hydrogens is 244 g/mol. The molecule has 0 bridgehead atoms. The van der Waals surface area contributed by atoms with Crippen molar-refractivity contribution in [2.75, 3.05) is 0 Å². The van der Waals surface area contributed by atoms with Crippen molar-refractivity contribution in [3.8, 4) is 0 Å². The van der Waals surface area contributed by atoms with Gasteiger partial charge in [0.1, 0.15) is 0 Å². The van der Waals surface area contributed by atoms with E-state index in [1.54, 1.807) is 10.6 Å². The lowest BCUT2D eigenvalue weighted by atomic mass is 10.1. The summed E-state index contributed by atoms with van der Waals surface area (Å²) in [4.78, 5) is 25.4. The molecule has 2 N–H and O–H groups in total. The number of benzene rings is 1. The van der Waals surface area contributed by atoms with Gasteiger partial charge in [0.25, 0.3) is 0 Å².